The Morgan fingerprint density at radius 3 is 2.62 bits per heavy atom. The van der Waals surface area contributed by atoms with Crippen LogP contribution in [-0.4, -0.2) is 43.0 Å². The molecule has 1 amide bonds. The molecule has 2 fully saturated rings. The number of nitrogens with two attached hydrogens (primary N) is 1. The van der Waals surface area contributed by atoms with E-state index in [4.69, 9.17) is 21.8 Å². The number of hydrogen-bond donors (Lipinski definition) is 3. The molecule has 5 atom stereocenters. The number of nitrogens with zero attached hydrogens (tertiary/aromatic N) is 2. The van der Waals surface area contributed by atoms with Crippen LogP contribution in [0.4, 0.5) is 21.8 Å². The summed E-state index contributed by atoms with van der Waals surface area (Å²) in [7, 11) is -2.15. The van der Waals surface area contributed by atoms with Crippen molar-refractivity contribution in [2.45, 2.75) is 77.0 Å². The van der Waals surface area contributed by atoms with Gasteiger partial charge in [-0.15, -0.1) is 0 Å². The number of hydrogen-bond acceptors (Lipinski definition) is 6. The van der Waals surface area contributed by atoms with Crippen LogP contribution in [0, 0.1) is 11.3 Å². The molecule has 0 unspecified atom stereocenters. The molecule has 2 aliphatic carbocycles. The second kappa shape index (κ2) is 7.35. The normalized spacial score (nSPS) is 31.3. The van der Waals surface area contributed by atoms with Crippen molar-refractivity contribution in [1.29, 1.82) is 0 Å². The molecule has 1 heterocycles. The number of nitrogen functional groups attached to an aromatic ring is 1. The van der Waals surface area contributed by atoms with Crippen molar-refractivity contribution in [3.8, 4) is 0 Å². The molecule has 7 nitrogen and oxygen atoms in total. The topological polar surface area (TPSA) is 102 Å². The standard InChI is InChI=1S/C19H31ClFN5O2Si/c1-7-19-8-10(19)12(11(21)14(19)28-29(5,6)18(2,3)4)24-16-13(23-9-27)15(20)25-17(22)26-16/h9-12,14H,7-8H2,1-6H3,(H,23,27)(H3,22,24,25,26)/t10-,11+,12-,14+,19-/m1/s1. The minimum Gasteiger partial charge on any atom is -0.410 e. The third-order valence-electron chi connectivity index (χ3n) is 7.09. The van der Waals surface area contributed by atoms with Crippen LogP contribution in [0.15, 0.2) is 0 Å². The third kappa shape index (κ3) is 3.72. The Bertz CT molecular complexity index is 806. The van der Waals surface area contributed by atoms with Crippen LogP contribution in [0.5, 0.6) is 0 Å². The molecule has 4 N–H and O–H groups in total. The molecular formula is C19H31ClFN5O2Si. The summed E-state index contributed by atoms with van der Waals surface area (Å²) >= 11 is 6.10. The van der Waals surface area contributed by atoms with Crippen molar-refractivity contribution < 1.29 is 13.6 Å². The van der Waals surface area contributed by atoms with Crippen molar-refractivity contribution in [2.75, 3.05) is 16.4 Å². The number of amides is 1. The number of aromatic nitrogens is 2. The molecule has 3 rings (SSSR count). The van der Waals surface area contributed by atoms with Crippen LogP contribution in [0.1, 0.15) is 40.5 Å². The molecule has 0 bridgehead atoms. The van der Waals surface area contributed by atoms with E-state index in [2.05, 4.69) is 61.4 Å². The van der Waals surface area contributed by atoms with Gasteiger partial charge in [0.2, 0.25) is 12.4 Å². The zero-order chi connectivity index (χ0) is 21.8. The van der Waals surface area contributed by atoms with E-state index in [1.54, 1.807) is 0 Å². The molecule has 162 valence electrons. The molecule has 10 heteroatoms. The minimum absolute atomic E-state index is 0.00660. The second-order valence-corrected chi connectivity index (χ2v) is 14.8. The number of carbonyl (C=O) groups is 1. The van der Waals surface area contributed by atoms with Gasteiger partial charge < -0.3 is 20.8 Å². The van der Waals surface area contributed by atoms with Gasteiger partial charge in [0.1, 0.15) is 11.9 Å². The van der Waals surface area contributed by atoms with E-state index in [1.807, 2.05) is 0 Å². The molecule has 1 aromatic heterocycles. The molecule has 0 aliphatic heterocycles. The summed E-state index contributed by atoms with van der Waals surface area (Å²) < 4.78 is 22.3. The highest BCUT2D eigenvalue weighted by atomic mass is 35.5. The van der Waals surface area contributed by atoms with E-state index in [-0.39, 0.29) is 39.0 Å². The monoisotopic (exact) mass is 443 g/mol. The van der Waals surface area contributed by atoms with Gasteiger partial charge in [0.15, 0.2) is 19.3 Å². The highest BCUT2D eigenvalue weighted by molar-refractivity contribution is 6.74. The van der Waals surface area contributed by atoms with Crippen molar-refractivity contribution in [3.05, 3.63) is 5.15 Å². The SMILES string of the molecule is CC[C@@]12C[C@@H]1[C@@H](Nc1nc(N)nc(Cl)c1NC=O)[C@H](F)[C@@H]2O[Si](C)(C)C(C)(C)C. The van der Waals surface area contributed by atoms with E-state index in [1.165, 1.54) is 0 Å². The van der Waals surface area contributed by atoms with Gasteiger partial charge >= 0.3 is 0 Å². The fourth-order valence-electron chi connectivity index (χ4n) is 4.25. The zero-order valence-corrected chi connectivity index (χ0v) is 19.6. The average molecular weight is 444 g/mol. The number of carbonyl (C=O) groups excluding carboxylic acids is 1. The third-order valence-corrected chi connectivity index (χ3v) is 11.8. The second-order valence-electron chi connectivity index (χ2n) is 9.67. The quantitative estimate of drug-likeness (QED) is 0.331. The van der Waals surface area contributed by atoms with Gasteiger partial charge in [-0.1, -0.05) is 39.3 Å². The minimum atomic E-state index is -2.15. The molecular weight excluding hydrogens is 413 g/mol. The van der Waals surface area contributed by atoms with Crippen LogP contribution in [0.3, 0.4) is 0 Å². The number of rotatable bonds is 7. The molecule has 2 saturated carbocycles. The lowest BCUT2D eigenvalue weighted by molar-refractivity contribution is -0.105. The van der Waals surface area contributed by atoms with Crippen LogP contribution in [0.2, 0.25) is 23.3 Å². The Morgan fingerprint density at radius 1 is 1.41 bits per heavy atom. The number of fused-ring (bicyclic) bond motifs is 1. The van der Waals surface area contributed by atoms with E-state index in [9.17, 15) is 4.79 Å². The van der Waals surface area contributed by atoms with Crippen molar-refractivity contribution in [3.63, 3.8) is 0 Å². The lowest BCUT2D eigenvalue weighted by Crippen LogP contribution is -2.49. The van der Waals surface area contributed by atoms with Gasteiger partial charge in [0.05, 0.1) is 12.1 Å². The lowest BCUT2D eigenvalue weighted by Gasteiger charge is -2.41. The summed E-state index contributed by atoms with van der Waals surface area (Å²) in [5.74, 6) is 0.303. The fourth-order valence-corrected chi connectivity index (χ4v) is 5.84. The predicted molar refractivity (Wildman–Crippen MR) is 116 cm³/mol. The maximum absolute atomic E-state index is 15.7. The summed E-state index contributed by atoms with van der Waals surface area (Å²) in [6, 6.07) is -0.498. The summed E-state index contributed by atoms with van der Waals surface area (Å²) in [6.07, 6.45) is 0.548. The fraction of sp³-hybridized carbons (Fsp3) is 0.737. The Balaban J connectivity index is 1.89. The first kappa shape index (κ1) is 22.2. The first-order chi connectivity index (χ1) is 13.4. The largest absolute Gasteiger partial charge is 0.410 e. The summed E-state index contributed by atoms with van der Waals surface area (Å²) in [5.41, 5.74) is 5.73. The smallest absolute Gasteiger partial charge is 0.223 e. The van der Waals surface area contributed by atoms with Crippen molar-refractivity contribution in [2.24, 2.45) is 11.3 Å². The first-order valence-electron chi connectivity index (χ1n) is 9.99. The number of halogens is 2. The molecule has 29 heavy (non-hydrogen) atoms. The molecule has 0 radical (unpaired) electrons. The van der Waals surface area contributed by atoms with Gasteiger partial charge in [0, 0.05) is 5.41 Å². The average Bonchev–Trinajstić information content (AvgIpc) is 3.29. The van der Waals surface area contributed by atoms with E-state index in [0.717, 1.165) is 12.8 Å². The van der Waals surface area contributed by atoms with Crippen LogP contribution >= 0.6 is 11.6 Å². The molecule has 1 aromatic rings. The van der Waals surface area contributed by atoms with Crippen LogP contribution < -0.4 is 16.4 Å². The summed E-state index contributed by atoms with van der Waals surface area (Å²) in [4.78, 5) is 19.0. The van der Waals surface area contributed by atoms with E-state index in [0.29, 0.717) is 6.41 Å². The Hall–Kier alpha value is -1.45. The molecule has 0 saturated heterocycles. The van der Waals surface area contributed by atoms with Crippen LogP contribution in [0.25, 0.3) is 0 Å². The lowest BCUT2D eigenvalue weighted by atomic mass is 9.97. The first-order valence-corrected chi connectivity index (χ1v) is 13.3. The number of nitrogens with one attached hydrogen (secondary N) is 2. The molecule has 0 spiro atoms. The Morgan fingerprint density at radius 2 is 2.07 bits per heavy atom. The van der Waals surface area contributed by atoms with Gasteiger partial charge in [-0.05, 0) is 36.9 Å². The van der Waals surface area contributed by atoms with Crippen molar-refractivity contribution >= 4 is 43.8 Å². The van der Waals surface area contributed by atoms with Gasteiger partial charge in [-0.2, -0.15) is 9.97 Å². The van der Waals surface area contributed by atoms with Gasteiger partial charge in [-0.25, -0.2) is 4.39 Å². The Labute approximate surface area is 177 Å². The van der Waals surface area contributed by atoms with Crippen LogP contribution in [-0.2, 0) is 9.22 Å². The predicted octanol–water partition coefficient (Wildman–Crippen LogP) is 4.22. The highest BCUT2D eigenvalue weighted by Gasteiger charge is 2.72. The molecule has 0 aromatic carbocycles. The zero-order valence-electron chi connectivity index (χ0n) is 17.8. The summed E-state index contributed by atoms with van der Waals surface area (Å²) in [6.45, 7) is 12.9. The Kier molecular flexibility index (Phi) is 5.64. The summed E-state index contributed by atoms with van der Waals surface area (Å²) in [5, 5.41) is 5.63. The molecule has 2 aliphatic rings. The van der Waals surface area contributed by atoms with Gasteiger partial charge in [-0.3, -0.25) is 4.79 Å². The van der Waals surface area contributed by atoms with Gasteiger partial charge in [0.25, 0.3) is 0 Å². The number of anilines is 3. The maximum Gasteiger partial charge on any atom is 0.223 e. The van der Waals surface area contributed by atoms with E-state index >= 15 is 4.39 Å². The van der Waals surface area contributed by atoms with E-state index < -0.39 is 26.6 Å². The highest BCUT2D eigenvalue weighted by Crippen LogP contribution is 2.68. The maximum atomic E-state index is 15.7. The number of alkyl halides is 1. The van der Waals surface area contributed by atoms with Crippen molar-refractivity contribution in [1.82, 2.24) is 9.97 Å².